The van der Waals surface area contributed by atoms with Crippen molar-refractivity contribution in [1.82, 2.24) is 15.6 Å². The molecule has 2 aromatic heterocycles. The Labute approximate surface area is 135 Å². The second-order valence-corrected chi connectivity index (χ2v) is 6.95. The van der Waals surface area contributed by atoms with Crippen LogP contribution in [0.25, 0.3) is 0 Å². The molecule has 2 rings (SSSR count). The molecule has 0 aliphatic rings. The molecule has 0 saturated carbocycles. The normalized spacial score (nSPS) is 12.5. The molecule has 2 heterocycles. The van der Waals surface area contributed by atoms with E-state index in [-0.39, 0.29) is 5.41 Å². The van der Waals surface area contributed by atoms with Gasteiger partial charge in [-0.2, -0.15) is 0 Å². The monoisotopic (exact) mass is 320 g/mol. The van der Waals surface area contributed by atoms with Crippen LogP contribution in [0.2, 0.25) is 0 Å². The van der Waals surface area contributed by atoms with Crippen molar-refractivity contribution < 1.29 is 4.42 Å². The van der Waals surface area contributed by atoms with E-state index in [0.717, 1.165) is 29.0 Å². The minimum Gasteiger partial charge on any atom is -0.467 e. The third-order valence-electron chi connectivity index (χ3n) is 3.04. The van der Waals surface area contributed by atoms with Gasteiger partial charge in [0, 0.05) is 17.3 Å². The number of hydrogen-bond acceptors (Lipinski definition) is 4. The van der Waals surface area contributed by atoms with E-state index < -0.39 is 0 Å². The van der Waals surface area contributed by atoms with Gasteiger partial charge < -0.3 is 15.1 Å². The highest BCUT2D eigenvalue weighted by molar-refractivity contribution is 7.09. The van der Waals surface area contributed by atoms with Gasteiger partial charge in [-0.05, 0) is 19.1 Å². The lowest BCUT2D eigenvalue weighted by molar-refractivity contribution is 0.512. The van der Waals surface area contributed by atoms with Crippen LogP contribution >= 0.6 is 11.3 Å². The van der Waals surface area contributed by atoms with Crippen LogP contribution in [0.15, 0.2) is 33.2 Å². The van der Waals surface area contributed by atoms with E-state index in [1.54, 1.807) is 17.6 Å². The van der Waals surface area contributed by atoms with Crippen LogP contribution in [0.1, 0.15) is 44.2 Å². The second-order valence-electron chi connectivity index (χ2n) is 6.00. The Bertz CT molecular complexity index is 596. The molecule has 0 aliphatic carbocycles. The van der Waals surface area contributed by atoms with Crippen LogP contribution < -0.4 is 10.6 Å². The molecule has 6 heteroatoms. The standard InChI is InChI=1S/C16H24N4OS/c1-5-17-15(18-9-12-7-6-8-21-12)19-10-14-20-13(11-22-14)16(2,3)4/h6-8,11H,5,9-10H2,1-4H3,(H2,17,18,19). The summed E-state index contributed by atoms with van der Waals surface area (Å²) in [7, 11) is 0. The van der Waals surface area contributed by atoms with E-state index in [2.05, 4.69) is 46.8 Å². The van der Waals surface area contributed by atoms with Gasteiger partial charge in [0.2, 0.25) is 0 Å². The molecule has 0 fully saturated rings. The van der Waals surface area contributed by atoms with Crippen molar-refractivity contribution in [3.63, 3.8) is 0 Å². The number of hydrogen-bond donors (Lipinski definition) is 2. The average Bonchev–Trinajstić information content (AvgIpc) is 3.12. The Morgan fingerprint density at radius 3 is 2.77 bits per heavy atom. The Kier molecular flexibility index (Phi) is 5.60. The molecule has 2 N–H and O–H groups in total. The highest BCUT2D eigenvalue weighted by Crippen LogP contribution is 2.23. The summed E-state index contributed by atoms with van der Waals surface area (Å²) in [6.07, 6.45) is 1.66. The molecule has 0 atom stereocenters. The van der Waals surface area contributed by atoms with Crippen LogP contribution in [0.3, 0.4) is 0 Å². The van der Waals surface area contributed by atoms with Gasteiger partial charge in [-0.3, -0.25) is 0 Å². The van der Waals surface area contributed by atoms with Crippen LogP contribution in [-0.4, -0.2) is 17.5 Å². The van der Waals surface area contributed by atoms with Crippen molar-refractivity contribution in [1.29, 1.82) is 0 Å². The quantitative estimate of drug-likeness (QED) is 0.655. The zero-order valence-corrected chi connectivity index (χ0v) is 14.5. The number of furan rings is 1. The summed E-state index contributed by atoms with van der Waals surface area (Å²) >= 11 is 1.68. The van der Waals surface area contributed by atoms with Gasteiger partial charge in [0.25, 0.3) is 0 Å². The molecule has 0 unspecified atom stereocenters. The van der Waals surface area contributed by atoms with E-state index in [1.165, 1.54) is 0 Å². The first-order valence-corrected chi connectivity index (χ1v) is 8.36. The maximum atomic E-state index is 5.29. The fourth-order valence-electron chi connectivity index (χ4n) is 1.80. The zero-order chi connectivity index (χ0) is 16.0. The maximum Gasteiger partial charge on any atom is 0.192 e. The maximum absolute atomic E-state index is 5.29. The molecule has 0 saturated heterocycles. The molecule has 2 aromatic rings. The Morgan fingerprint density at radius 1 is 1.36 bits per heavy atom. The number of rotatable bonds is 5. The number of thiazole rings is 1. The van der Waals surface area contributed by atoms with Crippen LogP contribution in [0.5, 0.6) is 0 Å². The first-order chi connectivity index (χ1) is 10.5. The Balaban J connectivity index is 1.93. The number of guanidine groups is 1. The van der Waals surface area contributed by atoms with Gasteiger partial charge in [0.05, 0.1) is 18.5 Å². The lowest BCUT2D eigenvalue weighted by atomic mass is 9.93. The van der Waals surface area contributed by atoms with E-state index in [9.17, 15) is 0 Å². The number of aromatic nitrogens is 1. The molecule has 0 amide bonds. The summed E-state index contributed by atoms with van der Waals surface area (Å²) in [6.45, 7) is 10.6. The Hall–Kier alpha value is -1.82. The average molecular weight is 320 g/mol. The van der Waals surface area contributed by atoms with Gasteiger partial charge in [0.15, 0.2) is 5.96 Å². The van der Waals surface area contributed by atoms with Crippen LogP contribution in [0.4, 0.5) is 0 Å². The molecule has 0 spiro atoms. The summed E-state index contributed by atoms with van der Waals surface area (Å²) in [6, 6.07) is 3.79. The summed E-state index contributed by atoms with van der Waals surface area (Å²) in [4.78, 5) is 9.18. The minimum absolute atomic E-state index is 0.0899. The third-order valence-corrected chi connectivity index (χ3v) is 3.89. The van der Waals surface area contributed by atoms with Gasteiger partial charge in [-0.15, -0.1) is 11.3 Å². The molecular weight excluding hydrogens is 296 g/mol. The summed E-state index contributed by atoms with van der Waals surface area (Å²) < 4.78 is 5.29. The highest BCUT2D eigenvalue weighted by Gasteiger charge is 2.17. The lowest BCUT2D eigenvalue weighted by Gasteiger charge is -2.14. The van der Waals surface area contributed by atoms with Gasteiger partial charge in [-0.1, -0.05) is 20.8 Å². The smallest absolute Gasteiger partial charge is 0.192 e. The van der Waals surface area contributed by atoms with Gasteiger partial charge in [0.1, 0.15) is 17.3 Å². The summed E-state index contributed by atoms with van der Waals surface area (Å²) in [5.41, 5.74) is 1.22. The van der Waals surface area contributed by atoms with E-state index in [0.29, 0.717) is 13.1 Å². The van der Waals surface area contributed by atoms with Gasteiger partial charge in [-0.25, -0.2) is 9.98 Å². The molecule has 120 valence electrons. The molecular formula is C16H24N4OS. The molecule has 0 bridgehead atoms. The van der Waals surface area contributed by atoms with Crippen molar-refractivity contribution in [2.45, 2.75) is 46.2 Å². The molecule has 0 aromatic carbocycles. The fourth-order valence-corrected chi connectivity index (χ4v) is 2.76. The van der Waals surface area contributed by atoms with Crippen molar-refractivity contribution in [3.05, 3.63) is 40.2 Å². The van der Waals surface area contributed by atoms with E-state index in [4.69, 9.17) is 4.42 Å². The second kappa shape index (κ2) is 7.45. The number of aliphatic imine (C=N–C) groups is 1. The first kappa shape index (κ1) is 16.5. The fraction of sp³-hybridized carbons (Fsp3) is 0.500. The SMILES string of the molecule is CCNC(=NCc1ccco1)NCc1nc(C(C)(C)C)cs1. The van der Waals surface area contributed by atoms with Crippen LogP contribution in [-0.2, 0) is 18.5 Å². The molecule has 0 radical (unpaired) electrons. The summed E-state index contributed by atoms with van der Waals surface area (Å²) in [5, 5.41) is 9.73. The predicted octanol–water partition coefficient (Wildman–Crippen LogP) is 3.29. The molecule has 0 aliphatic heterocycles. The van der Waals surface area contributed by atoms with E-state index in [1.807, 2.05) is 19.1 Å². The molecule has 5 nitrogen and oxygen atoms in total. The largest absolute Gasteiger partial charge is 0.467 e. The number of nitrogens with one attached hydrogen (secondary N) is 2. The lowest BCUT2D eigenvalue weighted by Crippen LogP contribution is -2.36. The van der Waals surface area contributed by atoms with Gasteiger partial charge >= 0.3 is 0 Å². The third kappa shape index (κ3) is 4.87. The van der Waals surface area contributed by atoms with Crippen molar-refractivity contribution in [2.75, 3.05) is 6.54 Å². The topological polar surface area (TPSA) is 62.5 Å². The van der Waals surface area contributed by atoms with E-state index >= 15 is 0 Å². The summed E-state index contributed by atoms with van der Waals surface area (Å²) in [5.74, 6) is 1.62. The van der Waals surface area contributed by atoms with Crippen molar-refractivity contribution in [2.24, 2.45) is 4.99 Å². The van der Waals surface area contributed by atoms with Crippen molar-refractivity contribution >= 4 is 17.3 Å². The minimum atomic E-state index is 0.0899. The first-order valence-electron chi connectivity index (χ1n) is 7.48. The van der Waals surface area contributed by atoms with Crippen LogP contribution in [0, 0.1) is 0 Å². The van der Waals surface area contributed by atoms with Crippen molar-refractivity contribution in [3.8, 4) is 0 Å². The predicted molar refractivity (Wildman–Crippen MR) is 91.2 cm³/mol. The zero-order valence-electron chi connectivity index (χ0n) is 13.6. The molecule has 22 heavy (non-hydrogen) atoms. The highest BCUT2D eigenvalue weighted by atomic mass is 32.1. The Morgan fingerprint density at radius 2 is 2.18 bits per heavy atom. The number of nitrogens with zero attached hydrogens (tertiary/aromatic N) is 2.